The summed E-state index contributed by atoms with van der Waals surface area (Å²) in [6, 6.07) is 7.64. The number of hydrogen-bond donors (Lipinski definition) is 1. The van der Waals surface area contributed by atoms with E-state index in [1.54, 1.807) is 17.9 Å². The van der Waals surface area contributed by atoms with E-state index in [0.717, 1.165) is 23.8 Å². The molecule has 1 aromatic carbocycles. The van der Waals surface area contributed by atoms with E-state index in [-0.39, 0.29) is 24.3 Å². The largest absolute Gasteiger partial charge is 0.481 e. The van der Waals surface area contributed by atoms with Crippen molar-refractivity contribution >= 4 is 22.8 Å². The first kappa shape index (κ1) is 14.6. The number of carboxylic acids is 1. The van der Waals surface area contributed by atoms with E-state index in [1.165, 1.54) is 0 Å². The Morgan fingerprint density at radius 1 is 1.36 bits per heavy atom. The van der Waals surface area contributed by atoms with Crippen LogP contribution >= 0.6 is 0 Å². The molecule has 0 saturated heterocycles. The molecule has 0 aliphatic heterocycles. The van der Waals surface area contributed by atoms with Crippen molar-refractivity contribution in [3.8, 4) is 0 Å². The Labute approximate surface area is 128 Å². The lowest BCUT2D eigenvalue weighted by Gasteiger charge is -2.23. The van der Waals surface area contributed by atoms with Crippen LogP contribution in [0.4, 0.5) is 0 Å². The first-order chi connectivity index (χ1) is 10.5. The van der Waals surface area contributed by atoms with Crippen LogP contribution in [0.1, 0.15) is 35.9 Å². The molecule has 3 rings (SSSR count). The standard InChI is InChI=1S/C17H19NO4/c1-10-3-6-14-12(7-10)8-15(22-14)16(19)18(13-4-5-13)9-11(2)17(20)21/h3,6-8,11,13H,4-5,9H2,1-2H3,(H,20,21). The van der Waals surface area contributed by atoms with Crippen LogP contribution in [0.3, 0.4) is 0 Å². The lowest BCUT2D eigenvalue weighted by Crippen LogP contribution is -2.38. The highest BCUT2D eigenvalue weighted by Crippen LogP contribution is 2.30. The minimum Gasteiger partial charge on any atom is -0.481 e. The maximum absolute atomic E-state index is 12.7. The van der Waals surface area contributed by atoms with Gasteiger partial charge in [-0.3, -0.25) is 9.59 Å². The van der Waals surface area contributed by atoms with Gasteiger partial charge in [-0.15, -0.1) is 0 Å². The second kappa shape index (κ2) is 5.48. The minimum atomic E-state index is -0.890. The quantitative estimate of drug-likeness (QED) is 0.921. The molecule has 1 heterocycles. The molecule has 116 valence electrons. The molecule has 0 bridgehead atoms. The molecular formula is C17H19NO4. The number of hydrogen-bond acceptors (Lipinski definition) is 3. The van der Waals surface area contributed by atoms with Gasteiger partial charge in [-0.05, 0) is 38.0 Å². The number of fused-ring (bicyclic) bond motifs is 1. The number of amides is 1. The molecule has 5 nitrogen and oxygen atoms in total. The zero-order valence-corrected chi connectivity index (χ0v) is 12.7. The molecule has 1 atom stereocenters. The fraction of sp³-hybridized carbons (Fsp3) is 0.412. The molecule has 1 N–H and O–H groups in total. The predicted molar refractivity (Wildman–Crippen MR) is 81.8 cm³/mol. The molecule has 0 spiro atoms. The average Bonchev–Trinajstić information content (AvgIpc) is 3.22. The van der Waals surface area contributed by atoms with Gasteiger partial charge in [0, 0.05) is 18.0 Å². The SMILES string of the molecule is Cc1ccc2oc(C(=O)N(CC(C)C(=O)O)C3CC3)cc2c1. The predicted octanol–water partition coefficient (Wildman–Crippen LogP) is 3.07. The van der Waals surface area contributed by atoms with Crippen LogP contribution in [-0.2, 0) is 4.79 Å². The summed E-state index contributed by atoms with van der Waals surface area (Å²) in [5.41, 5.74) is 1.78. The summed E-state index contributed by atoms with van der Waals surface area (Å²) in [5, 5.41) is 9.96. The summed E-state index contributed by atoms with van der Waals surface area (Å²) in [4.78, 5) is 25.4. The molecule has 1 unspecified atom stereocenters. The molecule has 1 saturated carbocycles. The van der Waals surface area contributed by atoms with Crippen LogP contribution < -0.4 is 0 Å². The Morgan fingerprint density at radius 2 is 2.09 bits per heavy atom. The van der Waals surface area contributed by atoms with Gasteiger partial charge in [0.2, 0.25) is 0 Å². The van der Waals surface area contributed by atoms with Crippen LogP contribution in [0.25, 0.3) is 11.0 Å². The zero-order valence-electron chi connectivity index (χ0n) is 12.7. The topological polar surface area (TPSA) is 70.8 Å². The highest BCUT2D eigenvalue weighted by Gasteiger charge is 2.36. The summed E-state index contributed by atoms with van der Waals surface area (Å²) in [6.07, 6.45) is 1.86. The zero-order chi connectivity index (χ0) is 15.9. The van der Waals surface area contributed by atoms with Gasteiger partial charge in [0.25, 0.3) is 5.91 Å². The van der Waals surface area contributed by atoms with E-state index in [2.05, 4.69) is 0 Å². The average molecular weight is 301 g/mol. The van der Waals surface area contributed by atoms with E-state index in [0.29, 0.717) is 5.58 Å². The van der Waals surface area contributed by atoms with E-state index >= 15 is 0 Å². The number of carboxylic acid groups (broad SMARTS) is 1. The number of carbonyl (C=O) groups is 2. The summed E-state index contributed by atoms with van der Waals surface area (Å²) >= 11 is 0. The van der Waals surface area contributed by atoms with Crippen molar-refractivity contribution in [3.05, 3.63) is 35.6 Å². The molecule has 5 heteroatoms. The molecule has 0 radical (unpaired) electrons. The normalized spacial score (nSPS) is 15.7. The third-order valence-corrected chi connectivity index (χ3v) is 4.02. The van der Waals surface area contributed by atoms with Gasteiger partial charge in [0.1, 0.15) is 5.58 Å². The van der Waals surface area contributed by atoms with E-state index in [9.17, 15) is 9.59 Å². The van der Waals surface area contributed by atoms with Gasteiger partial charge in [-0.2, -0.15) is 0 Å². The van der Waals surface area contributed by atoms with E-state index in [1.807, 2.05) is 25.1 Å². The van der Waals surface area contributed by atoms with Crippen molar-refractivity contribution in [2.24, 2.45) is 5.92 Å². The minimum absolute atomic E-state index is 0.143. The molecule has 1 amide bonds. The van der Waals surface area contributed by atoms with Gasteiger partial charge < -0.3 is 14.4 Å². The number of benzene rings is 1. The Hall–Kier alpha value is -2.30. The molecular weight excluding hydrogens is 282 g/mol. The van der Waals surface area contributed by atoms with Gasteiger partial charge >= 0.3 is 5.97 Å². The molecule has 1 aromatic heterocycles. The Bertz CT molecular complexity index is 729. The van der Waals surface area contributed by atoms with Crippen molar-refractivity contribution in [1.82, 2.24) is 4.90 Å². The van der Waals surface area contributed by atoms with E-state index in [4.69, 9.17) is 9.52 Å². The van der Waals surface area contributed by atoms with E-state index < -0.39 is 11.9 Å². The summed E-state index contributed by atoms with van der Waals surface area (Å²) < 4.78 is 5.65. The van der Waals surface area contributed by atoms with Crippen LogP contribution in [0.15, 0.2) is 28.7 Å². The summed E-state index contributed by atoms with van der Waals surface area (Å²) in [6.45, 7) is 3.82. The Balaban J connectivity index is 1.86. The molecule has 22 heavy (non-hydrogen) atoms. The number of rotatable bonds is 5. The monoisotopic (exact) mass is 301 g/mol. The van der Waals surface area contributed by atoms with Crippen molar-refractivity contribution in [1.29, 1.82) is 0 Å². The first-order valence-electron chi connectivity index (χ1n) is 7.49. The molecule has 2 aromatic rings. The summed E-state index contributed by atoms with van der Waals surface area (Å²) in [5.74, 6) is -1.41. The number of carbonyl (C=O) groups excluding carboxylic acids is 1. The van der Waals surface area contributed by atoms with Crippen molar-refractivity contribution < 1.29 is 19.1 Å². The maximum Gasteiger partial charge on any atom is 0.308 e. The Kier molecular flexibility index (Phi) is 3.64. The van der Waals surface area contributed by atoms with Gasteiger partial charge in [0.15, 0.2) is 5.76 Å². The smallest absolute Gasteiger partial charge is 0.308 e. The third-order valence-electron chi connectivity index (χ3n) is 4.02. The second-order valence-electron chi connectivity index (χ2n) is 6.08. The Morgan fingerprint density at radius 3 is 2.73 bits per heavy atom. The number of aliphatic carboxylic acids is 1. The van der Waals surface area contributed by atoms with Crippen LogP contribution in [0.5, 0.6) is 0 Å². The van der Waals surface area contributed by atoms with Crippen molar-refractivity contribution in [2.75, 3.05) is 6.54 Å². The van der Waals surface area contributed by atoms with Gasteiger partial charge in [-0.1, -0.05) is 18.6 Å². The second-order valence-corrected chi connectivity index (χ2v) is 6.08. The van der Waals surface area contributed by atoms with Gasteiger partial charge in [-0.25, -0.2) is 0 Å². The maximum atomic E-state index is 12.7. The fourth-order valence-corrected chi connectivity index (χ4v) is 2.57. The molecule has 1 aliphatic carbocycles. The van der Waals surface area contributed by atoms with Crippen molar-refractivity contribution in [3.63, 3.8) is 0 Å². The summed E-state index contributed by atoms with van der Waals surface area (Å²) in [7, 11) is 0. The number of furan rings is 1. The highest BCUT2D eigenvalue weighted by atomic mass is 16.4. The van der Waals surface area contributed by atoms with Crippen molar-refractivity contribution in [2.45, 2.75) is 32.7 Å². The molecule has 1 aliphatic rings. The molecule has 1 fully saturated rings. The van der Waals surface area contributed by atoms with Crippen LogP contribution in [0, 0.1) is 12.8 Å². The number of aryl methyl sites for hydroxylation is 1. The lowest BCUT2D eigenvalue weighted by molar-refractivity contribution is -0.141. The van der Waals surface area contributed by atoms with Gasteiger partial charge in [0.05, 0.1) is 5.92 Å². The van der Waals surface area contributed by atoms with Crippen LogP contribution in [-0.4, -0.2) is 34.5 Å². The number of nitrogens with zero attached hydrogens (tertiary/aromatic N) is 1. The van der Waals surface area contributed by atoms with Crippen LogP contribution in [0.2, 0.25) is 0 Å². The highest BCUT2D eigenvalue weighted by molar-refractivity contribution is 5.96. The first-order valence-corrected chi connectivity index (χ1v) is 7.49. The fourth-order valence-electron chi connectivity index (χ4n) is 2.57. The lowest BCUT2D eigenvalue weighted by atomic mass is 10.1. The third kappa shape index (κ3) is 2.84.